The molecule has 1 amide bonds. The smallest absolute Gasteiger partial charge is 0.275 e. The van der Waals surface area contributed by atoms with Crippen molar-refractivity contribution in [3.8, 4) is 11.5 Å². The quantitative estimate of drug-likeness (QED) is 0.589. The summed E-state index contributed by atoms with van der Waals surface area (Å²) in [7, 11) is 0. The number of aryl methyl sites for hydroxylation is 1. The number of rotatable bonds is 3. The Morgan fingerprint density at radius 1 is 1.19 bits per heavy atom. The molecule has 0 radical (unpaired) electrons. The molecule has 0 aliphatic carbocycles. The maximum absolute atomic E-state index is 11.9. The average Bonchev–Trinajstić information content (AvgIpc) is 2.42. The van der Waals surface area contributed by atoms with E-state index in [4.69, 9.17) is 0 Å². The number of benzene rings is 2. The minimum absolute atomic E-state index is 0.0504. The van der Waals surface area contributed by atoms with Gasteiger partial charge in [-0.1, -0.05) is 22.0 Å². The van der Waals surface area contributed by atoms with Crippen LogP contribution in [0.15, 0.2) is 46.0 Å². The Kier molecular flexibility index (Phi) is 4.59. The third-order valence-corrected chi connectivity index (χ3v) is 3.25. The topological polar surface area (TPSA) is 81.9 Å². The maximum Gasteiger partial charge on any atom is 0.275 e. The summed E-state index contributed by atoms with van der Waals surface area (Å²) in [6.45, 7) is 1.82. The monoisotopic (exact) mass is 348 g/mol. The van der Waals surface area contributed by atoms with Gasteiger partial charge >= 0.3 is 0 Å². The summed E-state index contributed by atoms with van der Waals surface area (Å²) < 4.78 is 0.782. The van der Waals surface area contributed by atoms with Gasteiger partial charge in [0.2, 0.25) is 0 Å². The van der Waals surface area contributed by atoms with Crippen molar-refractivity contribution in [3.05, 3.63) is 57.6 Å². The van der Waals surface area contributed by atoms with Gasteiger partial charge in [0, 0.05) is 10.0 Å². The molecule has 0 heterocycles. The summed E-state index contributed by atoms with van der Waals surface area (Å²) in [5.41, 5.74) is 3.74. The Bertz CT molecular complexity index is 714. The number of hydrogen-bond donors (Lipinski definition) is 3. The van der Waals surface area contributed by atoms with Crippen molar-refractivity contribution in [1.29, 1.82) is 0 Å². The van der Waals surface area contributed by atoms with Crippen LogP contribution in [-0.4, -0.2) is 22.3 Å². The highest BCUT2D eigenvalue weighted by Gasteiger charge is 2.09. The second-order valence-electron chi connectivity index (χ2n) is 4.42. The van der Waals surface area contributed by atoms with Crippen LogP contribution in [0.5, 0.6) is 11.5 Å². The van der Waals surface area contributed by atoms with Crippen molar-refractivity contribution in [2.45, 2.75) is 6.92 Å². The molecule has 6 heteroatoms. The molecule has 2 aromatic carbocycles. The first-order chi connectivity index (χ1) is 9.97. The van der Waals surface area contributed by atoms with E-state index >= 15 is 0 Å². The molecule has 0 spiro atoms. The fourth-order valence-electron chi connectivity index (χ4n) is 1.68. The highest BCUT2D eigenvalue weighted by Crippen LogP contribution is 2.20. The molecule has 0 aliphatic rings. The zero-order chi connectivity index (χ0) is 15.4. The molecule has 0 fully saturated rings. The Morgan fingerprint density at radius 2 is 1.95 bits per heavy atom. The molecule has 0 saturated carbocycles. The zero-order valence-corrected chi connectivity index (χ0v) is 12.8. The Hall–Kier alpha value is -2.34. The van der Waals surface area contributed by atoms with Gasteiger partial charge in [0.15, 0.2) is 0 Å². The number of aromatic hydroxyl groups is 2. The van der Waals surface area contributed by atoms with Crippen molar-refractivity contribution in [2.24, 2.45) is 5.10 Å². The van der Waals surface area contributed by atoms with E-state index in [1.165, 1.54) is 24.4 Å². The first-order valence-corrected chi connectivity index (χ1v) is 6.88. The lowest BCUT2D eigenvalue weighted by atomic mass is 10.1. The average molecular weight is 349 g/mol. The van der Waals surface area contributed by atoms with E-state index in [-0.39, 0.29) is 17.1 Å². The number of carbonyl (C=O) groups is 1. The lowest BCUT2D eigenvalue weighted by Crippen LogP contribution is -2.17. The molecule has 0 aliphatic heterocycles. The lowest BCUT2D eigenvalue weighted by Gasteiger charge is -2.04. The summed E-state index contributed by atoms with van der Waals surface area (Å²) in [6, 6.07) is 9.60. The molecule has 2 rings (SSSR count). The van der Waals surface area contributed by atoms with Crippen LogP contribution in [0, 0.1) is 6.92 Å². The number of phenols is 2. The molecule has 5 nitrogen and oxygen atoms in total. The van der Waals surface area contributed by atoms with Crippen LogP contribution in [0.3, 0.4) is 0 Å². The van der Waals surface area contributed by atoms with Crippen LogP contribution in [0.25, 0.3) is 0 Å². The second-order valence-corrected chi connectivity index (χ2v) is 5.34. The number of amides is 1. The third-order valence-electron chi connectivity index (χ3n) is 2.76. The molecule has 21 heavy (non-hydrogen) atoms. The molecular weight excluding hydrogens is 336 g/mol. The highest BCUT2D eigenvalue weighted by atomic mass is 79.9. The minimum Gasteiger partial charge on any atom is -0.507 e. The van der Waals surface area contributed by atoms with Crippen molar-refractivity contribution >= 4 is 28.1 Å². The molecule has 2 aromatic rings. The predicted molar refractivity (Wildman–Crippen MR) is 83.7 cm³/mol. The predicted octanol–water partition coefficient (Wildman–Crippen LogP) is 2.93. The summed E-state index contributed by atoms with van der Waals surface area (Å²) in [5, 5.41) is 23.1. The van der Waals surface area contributed by atoms with E-state index in [0.29, 0.717) is 5.56 Å². The number of phenolic OH excluding ortho intramolecular Hbond substituents is 2. The van der Waals surface area contributed by atoms with Crippen LogP contribution >= 0.6 is 15.9 Å². The fourth-order valence-corrected chi connectivity index (χ4v) is 2.06. The van der Waals surface area contributed by atoms with Gasteiger partial charge in [-0.25, -0.2) is 5.43 Å². The van der Waals surface area contributed by atoms with E-state index in [9.17, 15) is 15.0 Å². The normalized spacial score (nSPS) is 10.8. The number of halogens is 1. The molecule has 108 valence electrons. The second kappa shape index (κ2) is 6.41. The molecule has 0 atom stereocenters. The summed E-state index contributed by atoms with van der Waals surface area (Å²) in [4.78, 5) is 11.9. The van der Waals surface area contributed by atoms with Crippen molar-refractivity contribution in [3.63, 3.8) is 0 Å². The number of hydrogen-bond acceptors (Lipinski definition) is 4. The molecular formula is C15H13BrN2O3. The van der Waals surface area contributed by atoms with E-state index < -0.39 is 5.91 Å². The maximum atomic E-state index is 11.9. The molecule has 0 aromatic heterocycles. The van der Waals surface area contributed by atoms with Gasteiger partial charge in [-0.05, 0) is 42.8 Å². The van der Waals surface area contributed by atoms with Gasteiger partial charge < -0.3 is 10.2 Å². The molecule has 3 N–H and O–H groups in total. The van der Waals surface area contributed by atoms with E-state index in [2.05, 4.69) is 26.5 Å². The van der Waals surface area contributed by atoms with Crippen LogP contribution < -0.4 is 5.43 Å². The molecule has 0 unspecified atom stereocenters. The standard InChI is InChI=1S/C15H13BrN2O3/c1-9-2-4-12(14(20)6-9)15(21)18-17-8-10-7-11(16)3-5-13(10)19/h2-8,19-20H,1H3,(H,18,21)/b17-8+. The first kappa shape index (κ1) is 15.1. The summed E-state index contributed by atoms with van der Waals surface area (Å²) in [5.74, 6) is -0.583. The summed E-state index contributed by atoms with van der Waals surface area (Å²) in [6.07, 6.45) is 1.32. The van der Waals surface area contributed by atoms with Crippen LogP contribution in [0.2, 0.25) is 0 Å². The van der Waals surface area contributed by atoms with E-state index in [1.807, 2.05) is 6.92 Å². The highest BCUT2D eigenvalue weighted by molar-refractivity contribution is 9.10. The van der Waals surface area contributed by atoms with Crippen LogP contribution in [0.1, 0.15) is 21.5 Å². The van der Waals surface area contributed by atoms with E-state index in [1.54, 1.807) is 18.2 Å². The van der Waals surface area contributed by atoms with Gasteiger partial charge in [0.25, 0.3) is 5.91 Å². The first-order valence-electron chi connectivity index (χ1n) is 6.09. The number of hydrazone groups is 1. The largest absolute Gasteiger partial charge is 0.507 e. The van der Waals surface area contributed by atoms with Crippen LogP contribution in [0.4, 0.5) is 0 Å². The van der Waals surface area contributed by atoms with Gasteiger partial charge in [-0.2, -0.15) is 5.10 Å². The number of carbonyl (C=O) groups excluding carboxylic acids is 1. The minimum atomic E-state index is -0.529. The fraction of sp³-hybridized carbons (Fsp3) is 0.0667. The van der Waals surface area contributed by atoms with Gasteiger partial charge in [0.1, 0.15) is 11.5 Å². The van der Waals surface area contributed by atoms with Crippen molar-refractivity contribution in [2.75, 3.05) is 0 Å². The van der Waals surface area contributed by atoms with Crippen LogP contribution in [-0.2, 0) is 0 Å². The summed E-state index contributed by atoms with van der Waals surface area (Å²) >= 11 is 3.28. The van der Waals surface area contributed by atoms with Gasteiger partial charge in [-0.3, -0.25) is 4.79 Å². The van der Waals surface area contributed by atoms with Gasteiger partial charge in [-0.15, -0.1) is 0 Å². The third kappa shape index (κ3) is 3.82. The Balaban J connectivity index is 2.10. The van der Waals surface area contributed by atoms with Crippen molar-refractivity contribution in [1.82, 2.24) is 5.43 Å². The van der Waals surface area contributed by atoms with Gasteiger partial charge in [0.05, 0.1) is 11.8 Å². The SMILES string of the molecule is Cc1ccc(C(=O)N/N=C/c2cc(Br)ccc2O)c(O)c1. The molecule has 0 saturated heterocycles. The Morgan fingerprint density at radius 3 is 2.67 bits per heavy atom. The lowest BCUT2D eigenvalue weighted by molar-refractivity contribution is 0.0952. The number of nitrogens with zero attached hydrogens (tertiary/aromatic N) is 1. The van der Waals surface area contributed by atoms with E-state index in [0.717, 1.165) is 10.0 Å². The number of nitrogens with one attached hydrogen (secondary N) is 1. The zero-order valence-electron chi connectivity index (χ0n) is 11.2. The Labute approximate surface area is 130 Å². The van der Waals surface area contributed by atoms with Crippen molar-refractivity contribution < 1.29 is 15.0 Å². The molecule has 0 bridgehead atoms.